The fourth-order valence-electron chi connectivity index (χ4n) is 4.16. The minimum absolute atomic E-state index is 0.113. The maximum absolute atomic E-state index is 13.7. The molecule has 5 rings (SSSR count). The first-order valence-electron chi connectivity index (χ1n) is 12.8. The number of rotatable bonds is 9. The van der Waals surface area contributed by atoms with Gasteiger partial charge in [0.25, 0.3) is 11.5 Å². The van der Waals surface area contributed by atoms with Crippen molar-refractivity contribution in [1.29, 1.82) is 0 Å². The molecular weight excluding hydrogens is 540 g/mol. The average molecular weight is 567 g/mol. The van der Waals surface area contributed by atoms with Crippen molar-refractivity contribution in [2.24, 2.45) is 0 Å². The van der Waals surface area contributed by atoms with Gasteiger partial charge in [0, 0.05) is 29.9 Å². The van der Waals surface area contributed by atoms with Crippen LogP contribution in [0.1, 0.15) is 15.9 Å². The Labute approximate surface area is 242 Å². The molecule has 0 aliphatic rings. The van der Waals surface area contributed by atoms with Gasteiger partial charge in [-0.3, -0.25) is 9.59 Å². The summed E-state index contributed by atoms with van der Waals surface area (Å²) in [6.45, 7) is 0.493. The molecule has 9 heteroatoms. The largest absolute Gasteiger partial charge is 0.497 e. The molecule has 0 aliphatic carbocycles. The molecule has 0 saturated carbocycles. The highest BCUT2D eigenvalue weighted by molar-refractivity contribution is 6.30. The Hall–Kier alpha value is -5.08. The summed E-state index contributed by atoms with van der Waals surface area (Å²) in [6, 6.07) is 30.5. The third-order valence-electron chi connectivity index (χ3n) is 6.31. The van der Waals surface area contributed by atoms with E-state index in [1.54, 1.807) is 91.9 Å². The number of nitrogens with one attached hydrogen (secondary N) is 1. The van der Waals surface area contributed by atoms with Crippen molar-refractivity contribution in [3.63, 3.8) is 0 Å². The van der Waals surface area contributed by atoms with Gasteiger partial charge in [0.15, 0.2) is 11.4 Å². The Morgan fingerprint density at radius 1 is 0.902 bits per heavy atom. The molecule has 0 radical (unpaired) electrons. The molecule has 0 saturated heterocycles. The number of halogens is 1. The normalized spacial score (nSPS) is 10.6. The molecule has 0 atom stereocenters. The predicted octanol–water partition coefficient (Wildman–Crippen LogP) is 6.70. The van der Waals surface area contributed by atoms with Gasteiger partial charge < -0.3 is 19.7 Å². The van der Waals surface area contributed by atoms with Crippen molar-refractivity contribution in [3.05, 3.63) is 136 Å². The van der Waals surface area contributed by atoms with E-state index in [4.69, 9.17) is 21.1 Å². The molecule has 206 valence electrons. The maximum atomic E-state index is 13.7. The number of nitrogens with zero attached hydrogens (tertiary/aromatic N) is 3. The van der Waals surface area contributed by atoms with Crippen LogP contribution in [-0.4, -0.2) is 34.7 Å². The fraction of sp³-hybridized carbons (Fsp3) is 0.0938. The van der Waals surface area contributed by atoms with Gasteiger partial charge in [-0.2, -0.15) is 9.78 Å². The van der Waals surface area contributed by atoms with Crippen molar-refractivity contribution in [2.75, 3.05) is 19.5 Å². The van der Waals surface area contributed by atoms with E-state index in [0.717, 1.165) is 5.56 Å². The van der Waals surface area contributed by atoms with Gasteiger partial charge in [-0.05, 0) is 78.4 Å². The van der Waals surface area contributed by atoms with Crippen molar-refractivity contribution < 1.29 is 14.3 Å². The number of hydrogen-bond acceptors (Lipinski definition) is 6. The third-order valence-corrected chi connectivity index (χ3v) is 6.56. The van der Waals surface area contributed by atoms with Crippen LogP contribution in [0.4, 0.5) is 11.4 Å². The van der Waals surface area contributed by atoms with Crippen LogP contribution in [0.5, 0.6) is 17.2 Å². The number of hydrogen-bond donors (Lipinski definition) is 1. The van der Waals surface area contributed by atoms with Crippen LogP contribution in [0, 0.1) is 0 Å². The highest BCUT2D eigenvalue weighted by atomic mass is 35.5. The molecule has 5 aromatic rings. The first-order valence-corrected chi connectivity index (χ1v) is 13.2. The van der Waals surface area contributed by atoms with Crippen molar-refractivity contribution in [1.82, 2.24) is 14.7 Å². The first kappa shape index (κ1) is 27.5. The Morgan fingerprint density at radius 2 is 1.56 bits per heavy atom. The number of carbonyl (C=O) groups excluding carboxylic acids is 1. The first-order chi connectivity index (χ1) is 19.9. The van der Waals surface area contributed by atoms with E-state index in [-0.39, 0.29) is 17.3 Å². The van der Waals surface area contributed by atoms with Gasteiger partial charge in [-0.1, -0.05) is 41.9 Å². The molecule has 0 bridgehead atoms. The molecule has 0 unspecified atom stereocenters. The summed E-state index contributed by atoms with van der Waals surface area (Å²) >= 11 is 6.03. The van der Waals surface area contributed by atoms with E-state index in [9.17, 15) is 9.59 Å². The van der Waals surface area contributed by atoms with E-state index >= 15 is 0 Å². The predicted molar refractivity (Wildman–Crippen MR) is 160 cm³/mol. The van der Waals surface area contributed by atoms with Gasteiger partial charge in [0.05, 0.1) is 19.0 Å². The summed E-state index contributed by atoms with van der Waals surface area (Å²) in [5.74, 6) is 1.30. The van der Waals surface area contributed by atoms with Gasteiger partial charge in [0.2, 0.25) is 0 Å². The molecule has 8 nitrogen and oxygen atoms in total. The number of carbonyl (C=O) groups is 1. The van der Waals surface area contributed by atoms with Crippen LogP contribution < -0.4 is 20.3 Å². The highest BCUT2D eigenvalue weighted by Crippen LogP contribution is 2.30. The number of methoxy groups -OCH3 is 1. The number of aromatic nitrogens is 2. The molecule has 41 heavy (non-hydrogen) atoms. The number of anilines is 2. The summed E-state index contributed by atoms with van der Waals surface area (Å²) in [5, 5.41) is 8.03. The average Bonchev–Trinajstić information content (AvgIpc) is 3.00. The van der Waals surface area contributed by atoms with Crippen molar-refractivity contribution in [3.8, 4) is 22.9 Å². The molecule has 0 fully saturated rings. The van der Waals surface area contributed by atoms with Crippen LogP contribution in [-0.2, 0) is 6.54 Å². The highest BCUT2D eigenvalue weighted by Gasteiger charge is 2.17. The molecule has 1 amide bonds. The van der Waals surface area contributed by atoms with Crippen LogP contribution in [0.25, 0.3) is 5.69 Å². The topological polar surface area (TPSA) is 85.7 Å². The van der Waals surface area contributed by atoms with E-state index in [1.807, 2.05) is 30.3 Å². The molecule has 0 spiro atoms. The smallest absolute Gasteiger partial charge is 0.299 e. The summed E-state index contributed by atoms with van der Waals surface area (Å²) in [7, 11) is 3.35. The standard InChI is InChI=1S/C32H27ClN4O4/c1-36(21-22-6-4-3-5-7-22)31(38)23-8-12-25(13-9-23)35-30-29(41-28-18-16-27(40-2)17-19-28)20-34-37(32(30)39)26-14-10-24(33)11-15-26/h3-20,35H,21H2,1-2H3. The second-order valence-electron chi connectivity index (χ2n) is 9.20. The second kappa shape index (κ2) is 12.4. The van der Waals surface area contributed by atoms with Crippen molar-refractivity contribution in [2.45, 2.75) is 6.54 Å². The van der Waals surface area contributed by atoms with Gasteiger partial charge in [-0.15, -0.1) is 0 Å². The lowest BCUT2D eigenvalue weighted by molar-refractivity contribution is 0.0785. The van der Waals surface area contributed by atoms with Gasteiger partial charge in [0.1, 0.15) is 11.5 Å². The Bertz CT molecular complexity index is 1690. The lowest BCUT2D eigenvalue weighted by Gasteiger charge is -2.18. The monoisotopic (exact) mass is 566 g/mol. The van der Waals surface area contributed by atoms with E-state index in [1.165, 1.54) is 10.9 Å². The molecular formula is C32H27ClN4O4. The number of ether oxygens (including phenoxy) is 2. The van der Waals surface area contributed by atoms with Crippen LogP contribution in [0.3, 0.4) is 0 Å². The van der Waals surface area contributed by atoms with Crippen molar-refractivity contribution >= 4 is 28.9 Å². The Balaban J connectivity index is 1.42. The fourth-order valence-corrected chi connectivity index (χ4v) is 4.28. The van der Waals surface area contributed by atoms with Crippen LogP contribution in [0.15, 0.2) is 114 Å². The number of benzene rings is 4. The summed E-state index contributed by atoms with van der Waals surface area (Å²) in [6.07, 6.45) is 1.47. The molecule has 4 aromatic carbocycles. The van der Waals surface area contributed by atoms with Crippen LogP contribution >= 0.6 is 11.6 Å². The zero-order valence-corrected chi connectivity index (χ0v) is 23.2. The molecule has 1 N–H and O–H groups in total. The summed E-state index contributed by atoms with van der Waals surface area (Å²) < 4.78 is 12.5. The van der Waals surface area contributed by atoms with Crippen LogP contribution in [0.2, 0.25) is 5.02 Å². The lowest BCUT2D eigenvalue weighted by atomic mass is 10.1. The Kier molecular flexibility index (Phi) is 8.31. The quantitative estimate of drug-likeness (QED) is 0.214. The number of amides is 1. The molecule has 1 heterocycles. The zero-order valence-electron chi connectivity index (χ0n) is 22.5. The van der Waals surface area contributed by atoms with Gasteiger partial charge in [-0.25, -0.2) is 0 Å². The van der Waals surface area contributed by atoms with E-state index in [0.29, 0.717) is 40.0 Å². The minimum Gasteiger partial charge on any atom is -0.497 e. The minimum atomic E-state index is -0.430. The Morgan fingerprint density at radius 3 is 2.22 bits per heavy atom. The van der Waals surface area contributed by atoms with E-state index in [2.05, 4.69) is 10.4 Å². The van der Waals surface area contributed by atoms with Gasteiger partial charge >= 0.3 is 0 Å². The SMILES string of the molecule is COc1ccc(Oc2cnn(-c3ccc(Cl)cc3)c(=O)c2Nc2ccc(C(=O)N(C)Cc3ccccc3)cc2)cc1. The summed E-state index contributed by atoms with van der Waals surface area (Å²) in [4.78, 5) is 28.3. The summed E-state index contributed by atoms with van der Waals surface area (Å²) in [5.41, 5.74) is 2.45. The second-order valence-corrected chi connectivity index (χ2v) is 9.64. The molecule has 1 aromatic heterocycles. The zero-order chi connectivity index (χ0) is 28.8. The van der Waals surface area contributed by atoms with E-state index < -0.39 is 5.56 Å². The third kappa shape index (κ3) is 6.57. The molecule has 0 aliphatic heterocycles. The maximum Gasteiger partial charge on any atom is 0.299 e. The lowest BCUT2D eigenvalue weighted by Crippen LogP contribution is -2.26.